The zero-order valence-corrected chi connectivity index (χ0v) is 8.52. The molecule has 0 saturated heterocycles. The SMILES string of the molecule is CC(=N)N(C)C(C)C(C)(C)C. The lowest BCUT2D eigenvalue weighted by molar-refractivity contribution is 0.207. The minimum atomic E-state index is 0.247. The highest BCUT2D eigenvalue weighted by molar-refractivity contribution is 5.76. The average molecular weight is 156 g/mol. The molecular formula is C9H20N2. The Morgan fingerprint density at radius 1 is 1.36 bits per heavy atom. The van der Waals surface area contributed by atoms with E-state index in [1.165, 1.54) is 0 Å². The van der Waals surface area contributed by atoms with E-state index in [9.17, 15) is 0 Å². The first-order valence-electron chi connectivity index (χ1n) is 4.05. The summed E-state index contributed by atoms with van der Waals surface area (Å²) < 4.78 is 0. The van der Waals surface area contributed by atoms with Crippen molar-refractivity contribution in [1.29, 1.82) is 5.41 Å². The highest BCUT2D eigenvalue weighted by Crippen LogP contribution is 2.22. The third kappa shape index (κ3) is 2.91. The zero-order chi connectivity index (χ0) is 9.23. The Labute approximate surface area is 70.1 Å². The third-order valence-corrected chi connectivity index (χ3v) is 2.36. The van der Waals surface area contributed by atoms with Crippen LogP contribution < -0.4 is 0 Å². The van der Waals surface area contributed by atoms with Gasteiger partial charge < -0.3 is 4.90 Å². The Balaban J connectivity index is 4.25. The smallest absolute Gasteiger partial charge is 0.0925 e. The summed E-state index contributed by atoms with van der Waals surface area (Å²) in [5.41, 5.74) is 0.247. The molecule has 0 saturated carbocycles. The predicted octanol–water partition coefficient (Wildman–Crippen LogP) is 2.35. The van der Waals surface area contributed by atoms with E-state index in [-0.39, 0.29) is 5.41 Å². The van der Waals surface area contributed by atoms with Crippen LogP contribution in [0.1, 0.15) is 34.6 Å². The lowest BCUT2D eigenvalue weighted by Gasteiger charge is -2.36. The number of amidine groups is 1. The summed E-state index contributed by atoms with van der Waals surface area (Å²) >= 11 is 0. The fourth-order valence-electron chi connectivity index (χ4n) is 0.871. The van der Waals surface area contributed by atoms with E-state index in [4.69, 9.17) is 5.41 Å². The summed E-state index contributed by atoms with van der Waals surface area (Å²) in [6.07, 6.45) is 0. The molecule has 1 N–H and O–H groups in total. The van der Waals surface area contributed by atoms with Gasteiger partial charge in [0.15, 0.2) is 0 Å². The molecule has 0 aromatic rings. The fourth-order valence-corrected chi connectivity index (χ4v) is 0.871. The summed E-state index contributed by atoms with van der Waals surface area (Å²) in [5, 5.41) is 7.44. The van der Waals surface area contributed by atoms with E-state index in [0.717, 1.165) is 0 Å². The van der Waals surface area contributed by atoms with Crippen LogP contribution in [0.25, 0.3) is 0 Å². The van der Waals surface area contributed by atoms with Crippen LogP contribution >= 0.6 is 0 Å². The maximum absolute atomic E-state index is 7.44. The quantitative estimate of drug-likeness (QED) is 0.458. The molecule has 0 bridgehead atoms. The van der Waals surface area contributed by atoms with E-state index in [1.54, 1.807) is 0 Å². The molecule has 0 aliphatic rings. The van der Waals surface area contributed by atoms with Gasteiger partial charge in [0.2, 0.25) is 0 Å². The molecule has 1 unspecified atom stereocenters. The minimum absolute atomic E-state index is 0.247. The van der Waals surface area contributed by atoms with E-state index < -0.39 is 0 Å². The number of nitrogens with one attached hydrogen (secondary N) is 1. The Morgan fingerprint density at radius 2 is 1.73 bits per heavy atom. The highest BCUT2D eigenvalue weighted by Gasteiger charge is 2.23. The van der Waals surface area contributed by atoms with Crippen molar-refractivity contribution in [3.63, 3.8) is 0 Å². The van der Waals surface area contributed by atoms with Gasteiger partial charge in [-0.05, 0) is 19.3 Å². The summed E-state index contributed by atoms with van der Waals surface area (Å²) in [5.74, 6) is 0.632. The Kier molecular flexibility index (Phi) is 3.09. The van der Waals surface area contributed by atoms with Crippen molar-refractivity contribution < 1.29 is 0 Å². The van der Waals surface area contributed by atoms with Crippen molar-refractivity contribution in [2.24, 2.45) is 5.41 Å². The van der Waals surface area contributed by atoms with Crippen molar-refractivity contribution in [2.45, 2.75) is 40.7 Å². The molecule has 1 atom stereocenters. The number of hydrogen-bond acceptors (Lipinski definition) is 1. The van der Waals surface area contributed by atoms with Crippen LogP contribution in [0.3, 0.4) is 0 Å². The highest BCUT2D eigenvalue weighted by atomic mass is 15.2. The van der Waals surface area contributed by atoms with Gasteiger partial charge >= 0.3 is 0 Å². The summed E-state index contributed by atoms with van der Waals surface area (Å²) in [6, 6.07) is 0.417. The Morgan fingerprint density at radius 3 is 1.82 bits per heavy atom. The summed E-state index contributed by atoms with van der Waals surface area (Å²) in [7, 11) is 1.97. The molecule has 0 aromatic heterocycles. The molecule has 0 fully saturated rings. The molecule has 0 heterocycles. The molecular weight excluding hydrogens is 136 g/mol. The van der Waals surface area contributed by atoms with Gasteiger partial charge in [0, 0.05) is 13.1 Å². The molecule has 0 amide bonds. The molecule has 2 heteroatoms. The predicted molar refractivity (Wildman–Crippen MR) is 50.1 cm³/mol. The van der Waals surface area contributed by atoms with E-state index in [0.29, 0.717) is 11.9 Å². The van der Waals surface area contributed by atoms with Gasteiger partial charge in [0.05, 0.1) is 5.84 Å². The first-order valence-corrected chi connectivity index (χ1v) is 4.05. The summed E-state index contributed by atoms with van der Waals surface area (Å²) in [4.78, 5) is 2.00. The molecule has 0 rings (SSSR count). The van der Waals surface area contributed by atoms with Gasteiger partial charge in [0.25, 0.3) is 0 Å². The standard InChI is InChI=1S/C9H20N2/c1-7(9(3,4)5)11(6)8(2)10/h7,10H,1-6H3. The topological polar surface area (TPSA) is 27.1 Å². The van der Waals surface area contributed by atoms with E-state index in [1.807, 2.05) is 18.9 Å². The second-order valence-corrected chi connectivity index (χ2v) is 4.24. The largest absolute Gasteiger partial charge is 0.361 e. The maximum Gasteiger partial charge on any atom is 0.0925 e. The second-order valence-electron chi connectivity index (χ2n) is 4.24. The van der Waals surface area contributed by atoms with Crippen LogP contribution in [0.4, 0.5) is 0 Å². The molecule has 0 spiro atoms. The minimum Gasteiger partial charge on any atom is -0.361 e. The molecule has 2 nitrogen and oxygen atoms in total. The number of nitrogens with zero attached hydrogens (tertiary/aromatic N) is 1. The average Bonchev–Trinajstić information content (AvgIpc) is 1.82. The molecule has 0 aromatic carbocycles. The van der Waals surface area contributed by atoms with Gasteiger partial charge in [-0.25, -0.2) is 0 Å². The first kappa shape index (κ1) is 10.5. The molecule has 11 heavy (non-hydrogen) atoms. The van der Waals surface area contributed by atoms with Crippen molar-refractivity contribution in [2.75, 3.05) is 7.05 Å². The van der Waals surface area contributed by atoms with Gasteiger partial charge in [-0.15, -0.1) is 0 Å². The van der Waals surface area contributed by atoms with Crippen molar-refractivity contribution >= 4 is 5.84 Å². The third-order valence-electron chi connectivity index (χ3n) is 2.36. The van der Waals surface area contributed by atoms with E-state index >= 15 is 0 Å². The molecule has 0 radical (unpaired) electrons. The second kappa shape index (κ2) is 3.24. The maximum atomic E-state index is 7.44. The van der Waals surface area contributed by atoms with Gasteiger partial charge in [0.1, 0.15) is 0 Å². The van der Waals surface area contributed by atoms with Crippen molar-refractivity contribution in [3.05, 3.63) is 0 Å². The van der Waals surface area contributed by atoms with Gasteiger partial charge in [-0.3, -0.25) is 5.41 Å². The monoisotopic (exact) mass is 156 g/mol. The lowest BCUT2D eigenvalue weighted by Crippen LogP contribution is -2.41. The number of hydrogen-bond donors (Lipinski definition) is 1. The normalized spacial score (nSPS) is 14.4. The van der Waals surface area contributed by atoms with Crippen molar-refractivity contribution in [3.8, 4) is 0 Å². The van der Waals surface area contributed by atoms with Crippen LogP contribution in [-0.2, 0) is 0 Å². The summed E-state index contributed by atoms with van der Waals surface area (Å²) in [6.45, 7) is 10.5. The van der Waals surface area contributed by atoms with Gasteiger partial charge in [-0.1, -0.05) is 20.8 Å². The lowest BCUT2D eigenvalue weighted by atomic mass is 9.87. The van der Waals surface area contributed by atoms with Crippen molar-refractivity contribution in [1.82, 2.24) is 4.90 Å². The zero-order valence-electron chi connectivity index (χ0n) is 8.52. The molecule has 0 aliphatic carbocycles. The fraction of sp³-hybridized carbons (Fsp3) is 0.889. The number of rotatable bonds is 1. The van der Waals surface area contributed by atoms with Gasteiger partial charge in [-0.2, -0.15) is 0 Å². The van der Waals surface area contributed by atoms with Crippen LogP contribution in [-0.4, -0.2) is 23.8 Å². The Hall–Kier alpha value is -0.530. The van der Waals surface area contributed by atoms with Crippen LogP contribution in [0.5, 0.6) is 0 Å². The molecule has 66 valence electrons. The van der Waals surface area contributed by atoms with E-state index in [2.05, 4.69) is 27.7 Å². The van der Waals surface area contributed by atoms with Crippen LogP contribution in [0.15, 0.2) is 0 Å². The molecule has 0 aliphatic heterocycles. The Bertz CT molecular complexity index is 144. The van der Waals surface area contributed by atoms with Crippen LogP contribution in [0.2, 0.25) is 0 Å². The first-order chi connectivity index (χ1) is 4.76. The van der Waals surface area contributed by atoms with Crippen LogP contribution in [0, 0.1) is 10.8 Å².